The van der Waals surface area contributed by atoms with Gasteiger partial charge in [0, 0.05) is 17.9 Å². The van der Waals surface area contributed by atoms with Crippen molar-refractivity contribution in [3.05, 3.63) is 47.3 Å². The summed E-state index contributed by atoms with van der Waals surface area (Å²) in [6, 6.07) is 9.64. The summed E-state index contributed by atoms with van der Waals surface area (Å²) < 4.78 is 0. The van der Waals surface area contributed by atoms with Gasteiger partial charge in [0.2, 0.25) is 5.95 Å². The number of nitrogens with one attached hydrogen (secondary N) is 2. The molecule has 2 rings (SSSR count). The molecule has 1 aromatic heterocycles. The van der Waals surface area contributed by atoms with E-state index in [2.05, 4.69) is 34.4 Å². The van der Waals surface area contributed by atoms with Gasteiger partial charge < -0.3 is 10.6 Å². The minimum Gasteiger partial charge on any atom is -0.351 e. The van der Waals surface area contributed by atoms with Crippen LogP contribution in [0.2, 0.25) is 0 Å². The van der Waals surface area contributed by atoms with Crippen molar-refractivity contribution < 1.29 is 4.79 Å². The molecule has 2 N–H and O–H groups in total. The molecule has 5 nitrogen and oxygen atoms in total. The lowest BCUT2D eigenvalue weighted by atomic mass is 10.1. The van der Waals surface area contributed by atoms with E-state index < -0.39 is 0 Å². The zero-order valence-electron chi connectivity index (χ0n) is 14.2. The molecule has 0 saturated heterocycles. The van der Waals surface area contributed by atoms with Gasteiger partial charge in [0.15, 0.2) is 0 Å². The van der Waals surface area contributed by atoms with E-state index >= 15 is 0 Å². The Bertz CT molecular complexity index is 682. The summed E-state index contributed by atoms with van der Waals surface area (Å²) in [5.41, 5.74) is 3.19. The third-order valence-electron chi connectivity index (χ3n) is 3.37. The third kappa shape index (κ3) is 5.36. The molecular weight excluding hydrogens is 288 g/mol. The van der Waals surface area contributed by atoms with Crippen LogP contribution >= 0.6 is 0 Å². The van der Waals surface area contributed by atoms with E-state index in [0.29, 0.717) is 24.1 Å². The summed E-state index contributed by atoms with van der Waals surface area (Å²) >= 11 is 0. The van der Waals surface area contributed by atoms with Gasteiger partial charge in [-0.1, -0.05) is 26.0 Å². The number of benzene rings is 1. The molecule has 0 aliphatic heterocycles. The van der Waals surface area contributed by atoms with Crippen LogP contribution in [-0.2, 0) is 0 Å². The zero-order chi connectivity index (χ0) is 16.8. The predicted octanol–water partition coefficient (Wildman–Crippen LogP) is 3.61. The molecule has 0 atom stereocenters. The Morgan fingerprint density at radius 1 is 1.17 bits per heavy atom. The normalized spacial score (nSPS) is 10.7. The van der Waals surface area contributed by atoms with Gasteiger partial charge in [-0.3, -0.25) is 4.79 Å². The van der Waals surface area contributed by atoms with Gasteiger partial charge in [0.05, 0.1) is 0 Å². The number of aromatic nitrogens is 2. The van der Waals surface area contributed by atoms with Gasteiger partial charge in [-0.05, 0) is 49.9 Å². The molecule has 1 amide bonds. The molecule has 0 unspecified atom stereocenters. The van der Waals surface area contributed by atoms with Crippen molar-refractivity contribution in [1.29, 1.82) is 0 Å². The second-order valence-corrected chi connectivity index (χ2v) is 6.15. The van der Waals surface area contributed by atoms with Gasteiger partial charge in [0.25, 0.3) is 5.91 Å². The lowest BCUT2D eigenvalue weighted by molar-refractivity contribution is 0.0947. The molecule has 2 aromatic rings. The number of carbonyl (C=O) groups excluding carboxylic acids is 1. The maximum atomic E-state index is 12.2. The molecule has 0 fully saturated rings. The van der Waals surface area contributed by atoms with E-state index in [-0.39, 0.29) is 5.91 Å². The van der Waals surface area contributed by atoms with Crippen LogP contribution in [-0.4, -0.2) is 22.4 Å². The molecule has 0 bridgehead atoms. The molecule has 122 valence electrons. The van der Waals surface area contributed by atoms with Crippen molar-refractivity contribution in [3.63, 3.8) is 0 Å². The molecule has 1 heterocycles. The Morgan fingerprint density at radius 3 is 2.65 bits per heavy atom. The highest BCUT2D eigenvalue weighted by molar-refractivity contribution is 5.92. The predicted molar refractivity (Wildman–Crippen MR) is 93.0 cm³/mol. The number of rotatable bonds is 6. The summed E-state index contributed by atoms with van der Waals surface area (Å²) in [6.45, 7) is 8.79. The summed E-state index contributed by atoms with van der Waals surface area (Å²) in [5, 5.41) is 6.05. The minimum atomic E-state index is -0.163. The van der Waals surface area contributed by atoms with Crippen LogP contribution in [0, 0.1) is 19.8 Å². The molecule has 1 aromatic carbocycles. The molecule has 0 radical (unpaired) electrons. The fourth-order valence-corrected chi connectivity index (χ4v) is 2.16. The highest BCUT2D eigenvalue weighted by atomic mass is 16.1. The van der Waals surface area contributed by atoms with E-state index in [0.717, 1.165) is 23.4 Å². The Balaban J connectivity index is 2.10. The SMILES string of the molecule is Cc1cccc(Nc2nc(C)cc(C(=O)NCCC(C)C)n2)c1. The maximum absolute atomic E-state index is 12.2. The first kappa shape index (κ1) is 16.9. The van der Waals surface area contributed by atoms with Crippen LogP contribution in [0.4, 0.5) is 11.6 Å². The first-order valence-corrected chi connectivity index (χ1v) is 7.91. The quantitative estimate of drug-likeness (QED) is 0.855. The second kappa shape index (κ2) is 7.72. The number of hydrogen-bond donors (Lipinski definition) is 2. The van der Waals surface area contributed by atoms with Crippen molar-refractivity contribution in [2.24, 2.45) is 5.92 Å². The van der Waals surface area contributed by atoms with Crippen LogP contribution < -0.4 is 10.6 Å². The average Bonchev–Trinajstić information content (AvgIpc) is 2.46. The number of amides is 1. The van der Waals surface area contributed by atoms with Crippen LogP contribution in [0.25, 0.3) is 0 Å². The lowest BCUT2D eigenvalue weighted by Crippen LogP contribution is -2.26. The molecule has 0 aliphatic carbocycles. The lowest BCUT2D eigenvalue weighted by Gasteiger charge is -2.10. The van der Waals surface area contributed by atoms with Crippen LogP contribution in [0.15, 0.2) is 30.3 Å². The van der Waals surface area contributed by atoms with Crippen LogP contribution in [0.3, 0.4) is 0 Å². The Kier molecular flexibility index (Phi) is 5.68. The van der Waals surface area contributed by atoms with Crippen LogP contribution in [0.1, 0.15) is 42.0 Å². The number of nitrogens with zero attached hydrogens (tertiary/aromatic N) is 2. The topological polar surface area (TPSA) is 66.9 Å². The molecular formula is C18H24N4O. The highest BCUT2D eigenvalue weighted by Crippen LogP contribution is 2.15. The molecule has 0 aliphatic rings. The number of hydrogen-bond acceptors (Lipinski definition) is 4. The van der Waals surface area contributed by atoms with E-state index in [9.17, 15) is 4.79 Å². The molecule has 0 spiro atoms. The smallest absolute Gasteiger partial charge is 0.270 e. The van der Waals surface area contributed by atoms with E-state index in [4.69, 9.17) is 0 Å². The van der Waals surface area contributed by atoms with Crippen LogP contribution in [0.5, 0.6) is 0 Å². The largest absolute Gasteiger partial charge is 0.351 e. The molecule has 5 heteroatoms. The standard InChI is InChI=1S/C18H24N4O/c1-12(2)8-9-19-17(23)16-11-14(4)20-18(22-16)21-15-7-5-6-13(3)10-15/h5-7,10-12H,8-9H2,1-4H3,(H,19,23)(H,20,21,22). The number of carbonyl (C=O) groups is 1. The second-order valence-electron chi connectivity index (χ2n) is 6.15. The Labute approximate surface area is 137 Å². The van der Waals surface area contributed by atoms with Gasteiger partial charge in [-0.25, -0.2) is 9.97 Å². The summed E-state index contributed by atoms with van der Waals surface area (Å²) in [5.74, 6) is 0.828. The first-order chi connectivity index (χ1) is 10.9. The summed E-state index contributed by atoms with van der Waals surface area (Å²) in [7, 11) is 0. The fraction of sp³-hybridized carbons (Fsp3) is 0.389. The average molecular weight is 312 g/mol. The fourth-order valence-electron chi connectivity index (χ4n) is 2.16. The zero-order valence-corrected chi connectivity index (χ0v) is 14.2. The summed E-state index contributed by atoms with van der Waals surface area (Å²) in [6.07, 6.45) is 0.949. The monoisotopic (exact) mass is 312 g/mol. The molecule has 0 saturated carbocycles. The van der Waals surface area contributed by atoms with Crippen molar-refractivity contribution in [1.82, 2.24) is 15.3 Å². The summed E-state index contributed by atoms with van der Waals surface area (Å²) in [4.78, 5) is 20.9. The van der Waals surface area contributed by atoms with Gasteiger partial charge in [-0.2, -0.15) is 0 Å². The maximum Gasteiger partial charge on any atom is 0.270 e. The van der Waals surface area contributed by atoms with E-state index in [1.54, 1.807) is 6.07 Å². The van der Waals surface area contributed by atoms with Crippen molar-refractivity contribution in [2.75, 3.05) is 11.9 Å². The van der Waals surface area contributed by atoms with Crippen molar-refractivity contribution in [3.8, 4) is 0 Å². The first-order valence-electron chi connectivity index (χ1n) is 7.91. The van der Waals surface area contributed by atoms with Crippen molar-refractivity contribution >= 4 is 17.5 Å². The minimum absolute atomic E-state index is 0.163. The van der Waals surface area contributed by atoms with Gasteiger partial charge >= 0.3 is 0 Å². The van der Waals surface area contributed by atoms with Crippen molar-refractivity contribution in [2.45, 2.75) is 34.1 Å². The Hall–Kier alpha value is -2.43. The van der Waals surface area contributed by atoms with Gasteiger partial charge in [-0.15, -0.1) is 0 Å². The third-order valence-corrected chi connectivity index (χ3v) is 3.37. The Morgan fingerprint density at radius 2 is 1.96 bits per heavy atom. The number of aryl methyl sites for hydroxylation is 2. The van der Waals surface area contributed by atoms with E-state index in [1.807, 2.05) is 38.1 Å². The van der Waals surface area contributed by atoms with Gasteiger partial charge in [0.1, 0.15) is 5.69 Å². The highest BCUT2D eigenvalue weighted by Gasteiger charge is 2.10. The number of anilines is 2. The van der Waals surface area contributed by atoms with E-state index in [1.165, 1.54) is 0 Å². The molecule has 23 heavy (non-hydrogen) atoms.